The van der Waals surface area contributed by atoms with Gasteiger partial charge >= 0.3 is 0 Å². The van der Waals surface area contributed by atoms with Crippen LogP contribution in [0, 0.1) is 0 Å². The smallest absolute Gasteiger partial charge is 0.256 e. The van der Waals surface area contributed by atoms with Crippen LogP contribution in [-0.4, -0.2) is 22.5 Å². The Morgan fingerprint density at radius 1 is 1.37 bits per heavy atom. The average Bonchev–Trinajstić information content (AvgIpc) is 2.85. The molecule has 1 amide bonds. The van der Waals surface area contributed by atoms with Crippen molar-refractivity contribution in [1.29, 1.82) is 0 Å². The summed E-state index contributed by atoms with van der Waals surface area (Å²) < 4.78 is 5.40. The van der Waals surface area contributed by atoms with Gasteiger partial charge in [-0.1, -0.05) is 11.6 Å². The summed E-state index contributed by atoms with van der Waals surface area (Å²) in [5.41, 5.74) is 1.61. The molecule has 0 spiro atoms. The lowest BCUT2D eigenvalue weighted by Crippen LogP contribution is -2.13. The summed E-state index contributed by atoms with van der Waals surface area (Å²) in [6.45, 7) is 0.667. The summed E-state index contributed by atoms with van der Waals surface area (Å²) in [7, 11) is 0. The number of amides is 1. The molecule has 2 heterocycles. The second-order valence-corrected chi connectivity index (χ2v) is 4.49. The van der Waals surface area contributed by atoms with Crippen molar-refractivity contribution in [3.05, 3.63) is 46.9 Å². The molecule has 5 nitrogen and oxygen atoms in total. The molecule has 1 N–H and O–H groups in total. The normalized spacial score (nSPS) is 12.7. The van der Waals surface area contributed by atoms with E-state index in [-0.39, 0.29) is 11.1 Å². The van der Waals surface area contributed by atoms with E-state index in [9.17, 15) is 4.79 Å². The van der Waals surface area contributed by atoms with Crippen molar-refractivity contribution in [2.75, 3.05) is 11.9 Å². The molecule has 96 valence electrons. The molecular formula is C13H10ClN3O2. The van der Waals surface area contributed by atoms with E-state index in [1.807, 2.05) is 6.07 Å². The van der Waals surface area contributed by atoms with Crippen LogP contribution >= 0.6 is 11.6 Å². The first-order valence-electron chi connectivity index (χ1n) is 5.77. The van der Waals surface area contributed by atoms with Gasteiger partial charge in [0.2, 0.25) is 0 Å². The van der Waals surface area contributed by atoms with E-state index >= 15 is 0 Å². The molecule has 0 bridgehead atoms. The second kappa shape index (κ2) is 4.85. The number of rotatable bonds is 2. The van der Waals surface area contributed by atoms with Crippen molar-refractivity contribution in [3.8, 4) is 5.75 Å². The maximum atomic E-state index is 12.1. The van der Waals surface area contributed by atoms with Gasteiger partial charge in [-0.05, 0) is 23.8 Å². The van der Waals surface area contributed by atoms with Crippen molar-refractivity contribution < 1.29 is 9.53 Å². The van der Waals surface area contributed by atoms with Gasteiger partial charge in [0.05, 0.1) is 19.0 Å². The molecule has 0 radical (unpaired) electrons. The van der Waals surface area contributed by atoms with E-state index in [0.717, 1.165) is 17.7 Å². The topological polar surface area (TPSA) is 64.1 Å². The number of hydrogen-bond donors (Lipinski definition) is 1. The minimum Gasteiger partial charge on any atom is -0.493 e. The summed E-state index contributed by atoms with van der Waals surface area (Å²) >= 11 is 5.71. The van der Waals surface area contributed by atoms with Gasteiger partial charge in [-0.2, -0.15) is 0 Å². The van der Waals surface area contributed by atoms with Gasteiger partial charge in [0.25, 0.3) is 5.91 Å². The highest BCUT2D eigenvalue weighted by Crippen LogP contribution is 2.26. The Bertz CT molecular complexity index is 646. The van der Waals surface area contributed by atoms with Crippen molar-refractivity contribution in [1.82, 2.24) is 9.97 Å². The van der Waals surface area contributed by atoms with E-state index < -0.39 is 0 Å². The van der Waals surface area contributed by atoms with E-state index in [0.29, 0.717) is 18.0 Å². The third-order valence-corrected chi connectivity index (χ3v) is 2.98. The molecular weight excluding hydrogens is 266 g/mol. The van der Waals surface area contributed by atoms with E-state index in [1.165, 1.54) is 12.4 Å². The number of anilines is 1. The number of hydrogen-bond acceptors (Lipinski definition) is 4. The molecule has 6 heteroatoms. The fourth-order valence-corrected chi connectivity index (χ4v) is 2.07. The summed E-state index contributed by atoms with van der Waals surface area (Å²) in [5, 5.41) is 2.89. The number of halogens is 1. The van der Waals surface area contributed by atoms with Crippen molar-refractivity contribution in [2.45, 2.75) is 6.42 Å². The number of benzene rings is 1. The summed E-state index contributed by atoms with van der Waals surface area (Å²) in [6.07, 6.45) is 3.68. The highest BCUT2D eigenvalue weighted by atomic mass is 35.5. The van der Waals surface area contributed by atoms with Crippen LogP contribution < -0.4 is 10.1 Å². The maximum absolute atomic E-state index is 12.1. The molecule has 1 aromatic carbocycles. The molecule has 0 fully saturated rings. The SMILES string of the molecule is O=C(Nc1cncc(Cl)n1)c1ccc2c(c1)CCO2. The highest BCUT2D eigenvalue weighted by molar-refractivity contribution is 6.29. The molecule has 1 aliphatic rings. The molecule has 1 aromatic heterocycles. The van der Waals surface area contributed by atoms with Gasteiger partial charge in [0, 0.05) is 12.0 Å². The third kappa shape index (κ3) is 2.51. The Morgan fingerprint density at radius 2 is 2.26 bits per heavy atom. The van der Waals surface area contributed by atoms with E-state index in [2.05, 4.69) is 15.3 Å². The number of ether oxygens (including phenoxy) is 1. The van der Waals surface area contributed by atoms with Crippen LogP contribution in [0.1, 0.15) is 15.9 Å². The highest BCUT2D eigenvalue weighted by Gasteiger charge is 2.15. The first-order valence-corrected chi connectivity index (χ1v) is 6.15. The standard InChI is InChI=1S/C13H10ClN3O2/c14-11-6-15-7-12(16-11)17-13(18)9-1-2-10-8(5-9)3-4-19-10/h1-2,5-7H,3-4H2,(H,16,17,18). The van der Waals surface area contributed by atoms with Crippen LogP contribution in [0.4, 0.5) is 5.82 Å². The Balaban J connectivity index is 1.81. The van der Waals surface area contributed by atoms with Gasteiger partial charge in [0.1, 0.15) is 10.9 Å². The van der Waals surface area contributed by atoms with Gasteiger partial charge in [0.15, 0.2) is 5.82 Å². The molecule has 0 unspecified atom stereocenters. The van der Waals surface area contributed by atoms with Crippen LogP contribution in [0.15, 0.2) is 30.6 Å². The molecule has 0 atom stereocenters. The molecule has 3 rings (SSSR count). The monoisotopic (exact) mass is 275 g/mol. The Hall–Kier alpha value is -2.14. The number of aromatic nitrogens is 2. The Labute approximate surface area is 114 Å². The van der Waals surface area contributed by atoms with Crippen LogP contribution in [0.2, 0.25) is 5.15 Å². The Kier molecular flexibility index (Phi) is 3.05. The second-order valence-electron chi connectivity index (χ2n) is 4.10. The predicted molar refractivity (Wildman–Crippen MR) is 70.6 cm³/mol. The van der Waals surface area contributed by atoms with Gasteiger partial charge in [-0.25, -0.2) is 4.98 Å². The van der Waals surface area contributed by atoms with Gasteiger partial charge in [-0.3, -0.25) is 9.78 Å². The van der Waals surface area contributed by atoms with E-state index in [4.69, 9.17) is 16.3 Å². The maximum Gasteiger partial charge on any atom is 0.256 e. The zero-order chi connectivity index (χ0) is 13.2. The number of carbonyl (C=O) groups is 1. The van der Waals surface area contributed by atoms with E-state index in [1.54, 1.807) is 12.1 Å². The zero-order valence-corrected chi connectivity index (χ0v) is 10.6. The largest absolute Gasteiger partial charge is 0.493 e. The average molecular weight is 276 g/mol. The van der Waals surface area contributed by atoms with Crippen molar-refractivity contribution in [2.24, 2.45) is 0 Å². The van der Waals surface area contributed by atoms with Crippen LogP contribution in [-0.2, 0) is 6.42 Å². The van der Waals surface area contributed by atoms with Crippen LogP contribution in [0.25, 0.3) is 0 Å². The predicted octanol–water partition coefficient (Wildman–Crippen LogP) is 2.32. The molecule has 0 saturated heterocycles. The fourth-order valence-electron chi connectivity index (χ4n) is 1.92. The minimum atomic E-state index is -0.244. The molecule has 2 aromatic rings. The van der Waals surface area contributed by atoms with Crippen molar-refractivity contribution in [3.63, 3.8) is 0 Å². The molecule has 1 aliphatic heterocycles. The van der Waals surface area contributed by atoms with Crippen LogP contribution in [0.5, 0.6) is 5.75 Å². The lowest BCUT2D eigenvalue weighted by molar-refractivity contribution is 0.102. The summed E-state index contributed by atoms with van der Waals surface area (Å²) in [6, 6.07) is 5.36. The first-order chi connectivity index (χ1) is 9.22. The third-order valence-electron chi connectivity index (χ3n) is 2.80. The number of fused-ring (bicyclic) bond motifs is 1. The Morgan fingerprint density at radius 3 is 3.11 bits per heavy atom. The van der Waals surface area contributed by atoms with Gasteiger partial charge < -0.3 is 10.1 Å². The zero-order valence-electron chi connectivity index (χ0n) is 9.89. The molecule has 19 heavy (non-hydrogen) atoms. The van der Waals surface area contributed by atoms with Crippen LogP contribution in [0.3, 0.4) is 0 Å². The number of carbonyl (C=O) groups excluding carboxylic acids is 1. The molecule has 0 saturated carbocycles. The molecule has 0 aliphatic carbocycles. The number of nitrogens with one attached hydrogen (secondary N) is 1. The quantitative estimate of drug-likeness (QED) is 0.913. The minimum absolute atomic E-state index is 0.236. The summed E-state index contributed by atoms with van der Waals surface area (Å²) in [5.74, 6) is 0.930. The lowest BCUT2D eigenvalue weighted by Gasteiger charge is -2.05. The fraction of sp³-hybridized carbons (Fsp3) is 0.154. The van der Waals surface area contributed by atoms with Crippen molar-refractivity contribution >= 4 is 23.3 Å². The lowest BCUT2D eigenvalue weighted by atomic mass is 10.1. The first kappa shape index (κ1) is 11.9. The number of nitrogens with zero attached hydrogens (tertiary/aromatic N) is 2. The van der Waals surface area contributed by atoms with Gasteiger partial charge in [-0.15, -0.1) is 0 Å². The summed E-state index contributed by atoms with van der Waals surface area (Å²) in [4.78, 5) is 19.9.